The van der Waals surface area contributed by atoms with Gasteiger partial charge in [0.15, 0.2) is 5.78 Å². The lowest BCUT2D eigenvalue weighted by atomic mass is 9.92. The molecule has 5 atom stereocenters. The van der Waals surface area contributed by atoms with E-state index in [-0.39, 0.29) is 54.7 Å². The van der Waals surface area contributed by atoms with Crippen LogP contribution in [0, 0.1) is 18.8 Å². The maximum Gasteiger partial charge on any atom is 0.246 e. The molecule has 0 saturated carbocycles. The highest BCUT2D eigenvalue weighted by molar-refractivity contribution is 5.95. The van der Waals surface area contributed by atoms with Crippen molar-refractivity contribution in [2.24, 2.45) is 17.6 Å². The van der Waals surface area contributed by atoms with Crippen LogP contribution in [0.3, 0.4) is 0 Å². The van der Waals surface area contributed by atoms with Crippen molar-refractivity contribution in [2.45, 2.75) is 148 Å². The third-order valence-electron chi connectivity index (χ3n) is 9.88. The lowest BCUT2D eigenvalue weighted by molar-refractivity contribution is -0.144. The highest BCUT2D eigenvalue weighted by Gasteiger charge is 2.44. The Morgan fingerprint density at radius 3 is 2.28 bits per heavy atom. The van der Waals surface area contributed by atoms with Crippen LogP contribution in [0.15, 0.2) is 24.3 Å². The molecule has 256 valence electrons. The van der Waals surface area contributed by atoms with Crippen LogP contribution in [-0.2, 0) is 30.4 Å². The van der Waals surface area contributed by atoms with Gasteiger partial charge in [-0.15, -0.1) is 0 Å². The third kappa shape index (κ3) is 11.5. The number of rotatable bonds is 19. The third-order valence-corrected chi connectivity index (χ3v) is 9.88. The lowest BCUT2D eigenvalue weighted by Gasteiger charge is -2.36. The van der Waals surface area contributed by atoms with Gasteiger partial charge >= 0.3 is 0 Å². The maximum absolute atomic E-state index is 14.1. The highest BCUT2D eigenvalue weighted by Crippen LogP contribution is 2.33. The molecule has 1 aromatic carbocycles. The molecule has 0 aromatic heterocycles. The van der Waals surface area contributed by atoms with Gasteiger partial charge in [0.1, 0.15) is 6.04 Å². The summed E-state index contributed by atoms with van der Waals surface area (Å²) >= 11 is 0. The standard InChI is InChI=1S/C37H58N4O5/c1-4-6-7-8-9-12-23-39-35(44)29(19-22-34(38)43)25-33(42)32-21-20-30-13-10-11-14-31(37(46)41(30)32)40-36(45)28(5-2)24-27-17-15-26(3)16-18-27/h15-18,28-32H,4-14,19-25H2,1-3H3,(H2,38,43)(H,39,44)(H,40,45)/t28-,29+,30-,31?,32-/m0/s1. The number of ketones is 1. The Morgan fingerprint density at radius 1 is 0.891 bits per heavy atom. The van der Waals surface area contributed by atoms with Gasteiger partial charge in [-0.25, -0.2) is 0 Å². The first-order valence-electron chi connectivity index (χ1n) is 17.9. The number of amides is 4. The molecule has 2 aliphatic rings. The smallest absolute Gasteiger partial charge is 0.246 e. The molecule has 2 fully saturated rings. The molecular weight excluding hydrogens is 580 g/mol. The zero-order valence-corrected chi connectivity index (χ0v) is 28.5. The van der Waals surface area contributed by atoms with E-state index in [0.717, 1.165) is 50.5 Å². The summed E-state index contributed by atoms with van der Waals surface area (Å²) in [6, 6.07) is 6.81. The second-order valence-corrected chi connectivity index (χ2v) is 13.6. The second-order valence-electron chi connectivity index (χ2n) is 13.6. The zero-order valence-electron chi connectivity index (χ0n) is 28.5. The molecule has 1 unspecified atom stereocenters. The Balaban J connectivity index is 1.65. The molecule has 4 N–H and O–H groups in total. The topological polar surface area (TPSA) is 139 Å². The number of hydrogen-bond acceptors (Lipinski definition) is 5. The van der Waals surface area contributed by atoms with Gasteiger partial charge in [-0.1, -0.05) is 88.6 Å². The minimum absolute atomic E-state index is 0.0214. The Labute approximate surface area is 276 Å². The minimum Gasteiger partial charge on any atom is -0.370 e. The molecule has 0 radical (unpaired) electrons. The van der Waals surface area contributed by atoms with Gasteiger partial charge in [0.25, 0.3) is 0 Å². The average molecular weight is 639 g/mol. The van der Waals surface area contributed by atoms with Crippen LogP contribution in [0.2, 0.25) is 0 Å². The summed E-state index contributed by atoms with van der Waals surface area (Å²) in [4.78, 5) is 67.8. The summed E-state index contributed by atoms with van der Waals surface area (Å²) in [6.07, 6.45) is 12.5. The number of nitrogens with one attached hydrogen (secondary N) is 2. The van der Waals surface area contributed by atoms with Crippen LogP contribution < -0.4 is 16.4 Å². The van der Waals surface area contributed by atoms with Crippen LogP contribution in [-0.4, -0.2) is 59.0 Å². The fraction of sp³-hybridized carbons (Fsp3) is 0.703. The van der Waals surface area contributed by atoms with Crippen LogP contribution >= 0.6 is 0 Å². The van der Waals surface area contributed by atoms with Crippen molar-refractivity contribution in [1.82, 2.24) is 15.5 Å². The Kier molecular flexibility index (Phi) is 15.7. The van der Waals surface area contributed by atoms with Gasteiger partial charge in [-0.05, 0) is 63.9 Å². The molecule has 1 aromatic rings. The second kappa shape index (κ2) is 19.4. The lowest BCUT2D eigenvalue weighted by Crippen LogP contribution is -2.55. The summed E-state index contributed by atoms with van der Waals surface area (Å²) in [7, 11) is 0. The Bertz CT molecular complexity index is 1150. The van der Waals surface area contributed by atoms with Crippen LogP contribution in [0.4, 0.5) is 0 Å². The highest BCUT2D eigenvalue weighted by atomic mass is 16.2. The van der Waals surface area contributed by atoms with E-state index in [0.29, 0.717) is 32.2 Å². The van der Waals surface area contributed by atoms with E-state index in [2.05, 4.69) is 17.6 Å². The number of fused-ring (bicyclic) bond motifs is 1. The van der Waals surface area contributed by atoms with E-state index in [1.54, 1.807) is 4.90 Å². The molecule has 9 heteroatoms. The van der Waals surface area contributed by atoms with Gasteiger partial charge < -0.3 is 21.3 Å². The van der Waals surface area contributed by atoms with Crippen molar-refractivity contribution in [3.8, 4) is 0 Å². The predicted molar refractivity (Wildman–Crippen MR) is 181 cm³/mol. The number of carbonyl (C=O) groups is 5. The molecule has 2 heterocycles. The van der Waals surface area contributed by atoms with Crippen LogP contribution in [0.5, 0.6) is 0 Å². The molecular formula is C37H58N4O5. The van der Waals surface area contributed by atoms with Crippen molar-refractivity contribution in [3.05, 3.63) is 35.4 Å². The van der Waals surface area contributed by atoms with E-state index in [1.165, 1.54) is 24.8 Å². The predicted octanol–water partition coefficient (Wildman–Crippen LogP) is 5.30. The van der Waals surface area contributed by atoms with Gasteiger partial charge in [0, 0.05) is 37.3 Å². The molecule has 0 aliphatic carbocycles. The summed E-state index contributed by atoms with van der Waals surface area (Å²) in [5.74, 6) is -2.15. The van der Waals surface area contributed by atoms with E-state index >= 15 is 0 Å². The normalized spacial score (nSPS) is 21.1. The number of nitrogens with zero attached hydrogens (tertiary/aromatic N) is 1. The van der Waals surface area contributed by atoms with E-state index in [1.807, 2.05) is 38.1 Å². The SMILES string of the molecule is CCCCCCCCNC(=O)[C@H](CCC(N)=O)CC(=O)[C@@H]1CC[C@@H]2CCCCC(NC(=O)[C@@H](CC)Cc3ccc(C)cc3)C(=O)N21. The first-order valence-corrected chi connectivity index (χ1v) is 17.9. The summed E-state index contributed by atoms with van der Waals surface area (Å²) in [6.45, 7) is 6.73. The zero-order chi connectivity index (χ0) is 33.5. The molecule has 2 aliphatic heterocycles. The fourth-order valence-electron chi connectivity index (χ4n) is 6.98. The molecule has 0 spiro atoms. The van der Waals surface area contributed by atoms with Gasteiger partial charge in [-0.2, -0.15) is 0 Å². The van der Waals surface area contributed by atoms with Gasteiger partial charge in [0.2, 0.25) is 23.6 Å². The minimum atomic E-state index is -0.679. The van der Waals surface area contributed by atoms with Crippen LogP contribution in [0.1, 0.15) is 128 Å². The van der Waals surface area contributed by atoms with Crippen molar-refractivity contribution in [1.29, 1.82) is 0 Å². The Morgan fingerprint density at radius 2 is 1.59 bits per heavy atom. The monoisotopic (exact) mass is 638 g/mol. The number of unbranched alkanes of at least 4 members (excludes halogenated alkanes) is 5. The number of primary amides is 1. The van der Waals surface area contributed by atoms with Crippen LogP contribution in [0.25, 0.3) is 0 Å². The molecule has 0 bridgehead atoms. The van der Waals surface area contributed by atoms with Crippen molar-refractivity contribution in [2.75, 3.05) is 6.54 Å². The molecule has 9 nitrogen and oxygen atoms in total. The Hall–Kier alpha value is -3.23. The first-order chi connectivity index (χ1) is 22.1. The first kappa shape index (κ1) is 37.2. The number of benzene rings is 1. The van der Waals surface area contributed by atoms with Gasteiger partial charge in [-0.3, -0.25) is 24.0 Å². The summed E-state index contributed by atoms with van der Waals surface area (Å²) in [5.41, 5.74) is 7.66. The fourth-order valence-corrected chi connectivity index (χ4v) is 6.98. The summed E-state index contributed by atoms with van der Waals surface area (Å²) < 4.78 is 0. The van der Waals surface area contributed by atoms with E-state index in [4.69, 9.17) is 5.73 Å². The molecule has 4 amide bonds. The van der Waals surface area contributed by atoms with Crippen molar-refractivity contribution in [3.63, 3.8) is 0 Å². The maximum atomic E-state index is 14.1. The number of aryl methyl sites for hydroxylation is 1. The quantitative estimate of drug-likeness (QED) is 0.177. The number of hydrogen-bond donors (Lipinski definition) is 3. The molecule has 46 heavy (non-hydrogen) atoms. The number of carbonyl (C=O) groups excluding carboxylic acids is 5. The average Bonchev–Trinajstić information content (AvgIpc) is 3.45. The van der Waals surface area contributed by atoms with Crippen molar-refractivity contribution >= 4 is 29.4 Å². The number of Topliss-reactive ketones (excluding diaryl/α,β-unsaturated/α-hetero) is 1. The largest absolute Gasteiger partial charge is 0.370 e. The molecule has 2 saturated heterocycles. The van der Waals surface area contributed by atoms with Gasteiger partial charge in [0.05, 0.1) is 6.04 Å². The van der Waals surface area contributed by atoms with Crippen molar-refractivity contribution < 1.29 is 24.0 Å². The summed E-state index contributed by atoms with van der Waals surface area (Å²) in [5, 5.41) is 6.04. The number of nitrogens with two attached hydrogens (primary N) is 1. The van der Waals surface area contributed by atoms with E-state index < -0.39 is 23.9 Å². The molecule has 3 rings (SSSR count). The van der Waals surface area contributed by atoms with E-state index in [9.17, 15) is 24.0 Å².